The fraction of sp³-hybridized carbons (Fsp3) is 0.556. The van der Waals surface area contributed by atoms with Gasteiger partial charge in [-0.05, 0) is 35.4 Å². The zero-order chi connectivity index (χ0) is 14.2. The molecule has 1 N–H and O–H groups in total. The van der Waals surface area contributed by atoms with Crippen LogP contribution in [-0.2, 0) is 0 Å². The normalized spacial score (nSPS) is 12.9. The minimum absolute atomic E-state index is 0.526. The Kier molecular flexibility index (Phi) is 6.55. The molecule has 1 aromatic carbocycles. The van der Waals surface area contributed by atoms with Gasteiger partial charge >= 0.3 is 0 Å². The van der Waals surface area contributed by atoms with Crippen LogP contribution >= 0.6 is 11.3 Å². The van der Waals surface area contributed by atoms with E-state index >= 15 is 0 Å². The van der Waals surface area contributed by atoms with Gasteiger partial charge in [0, 0.05) is 10.7 Å². The van der Waals surface area contributed by atoms with E-state index in [4.69, 9.17) is 0 Å². The molecule has 0 spiro atoms. The molecule has 1 heterocycles. The summed E-state index contributed by atoms with van der Waals surface area (Å²) < 4.78 is 1.41. The summed E-state index contributed by atoms with van der Waals surface area (Å²) in [5, 5.41) is 7.47. The molecule has 110 valence electrons. The van der Waals surface area contributed by atoms with Crippen molar-refractivity contribution in [2.24, 2.45) is 0 Å². The standard InChI is InChI=1S/C18H27NS/c1-3-5-6-7-8-12-17(19-4-2)16-14-20-18-13-10-9-11-15(16)18/h9-11,13-14,17,19H,3-8,12H2,1-2H3. The summed E-state index contributed by atoms with van der Waals surface area (Å²) >= 11 is 1.88. The number of rotatable bonds is 9. The molecule has 0 saturated heterocycles. The topological polar surface area (TPSA) is 12.0 Å². The Labute approximate surface area is 127 Å². The summed E-state index contributed by atoms with van der Waals surface area (Å²) in [6.07, 6.45) is 8.07. The van der Waals surface area contributed by atoms with Gasteiger partial charge in [0.1, 0.15) is 0 Å². The number of hydrogen-bond donors (Lipinski definition) is 1. The summed E-state index contributed by atoms with van der Waals surface area (Å²) in [6.45, 7) is 5.53. The first-order valence-electron chi connectivity index (χ1n) is 8.06. The van der Waals surface area contributed by atoms with Crippen LogP contribution in [-0.4, -0.2) is 6.54 Å². The molecular weight excluding hydrogens is 262 g/mol. The molecule has 0 fully saturated rings. The highest BCUT2D eigenvalue weighted by atomic mass is 32.1. The Morgan fingerprint density at radius 1 is 1.05 bits per heavy atom. The second-order valence-electron chi connectivity index (χ2n) is 5.50. The Morgan fingerprint density at radius 3 is 2.65 bits per heavy atom. The molecule has 0 bridgehead atoms. The minimum atomic E-state index is 0.526. The van der Waals surface area contributed by atoms with Crippen LogP contribution in [0.4, 0.5) is 0 Å². The van der Waals surface area contributed by atoms with Crippen molar-refractivity contribution >= 4 is 21.4 Å². The molecular formula is C18H27NS. The van der Waals surface area contributed by atoms with Gasteiger partial charge in [-0.1, -0.05) is 64.2 Å². The Morgan fingerprint density at radius 2 is 1.85 bits per heavy atom. The van der Waals surface area contributed by atoms with Gasteiger partial charge in [-0.2, -0.15) is 0 Å². The van der Waals surface area contributed by atoms with Crippen LogP contribution in [0.3, 0.4) is 0 Å². The maximum absolute atomic E-state index is 3.67. The smallest absolute Gasteiger partial charge is 0.0346 e. The molecule has 0 radical (unpaired) electrons. The Bertz CT molecular complexity index is 503. The number of hydrogen-bond acceptors (Lipinski definition) is 2. The SMILES string of the molecule is CCCCCCCC(NCC)c1csc2ccccc12. The molecule has 2 aromatic rings. The number of thiophene rings is 1. The molecule has 0 aliphatic heterocycles. The van der Waals surface area contributed by atoms with Crippen LogP contribution in [0.15, 0.2) is 29.6 Å². The molecule has 0 aliphatic rings. The molecule has 0 aliphatic carbocycles. The number of benzene rings is 1. The van der Waals surface area contributed by atoms with E-state index in [1.807, 2.05) is 11.3 Å². The van der Waals surface area contributed by atoms with Crippen molar-refractivity contribution in [3.63, 3.8) is 0 Å². The summed E-state index contributed by atoms with van der Waals surface area (Å²) in [6, 6.07) is 9.31. The first-order valence-corrected chi connectivity index (χ1v) is 8.94. The highest BCUT2D eigenvalue weighted by Crippen LogP contribution is 2.32. The Hall–Kier alpha value is -0.860. The molecule has 20 heavy (non-hydrogen) atoms. The third-order valence-corrected chi connectivity index (χ3v) is 4.91. The van der Waals surface area contributed by atoms with Gasteiger partial charge in [-0.25, -0.2) is 0 Å². The van der Waals surface area contributed by atoms with Crippen molar-refractivity contribution in [1.82, 2.24) is 5.32 Å². The van der Waals surface area contributed by atoms with Crippen LogP contribution in [0.1, 0.15) is 64.0 Å². The van der Waals surface area contributed by atoms with Crippen molar-refractivity contribution in [2.75, 3.05) is 6.54 Å². The van der Waals surface area contributed by atoms with Crippen molar-refractivity contribution < 1.29 is 0 Å². The van der Waals surface area contributed by atoms with Crippen molar-refractivity contribution in [3.8, 4) is 0 Å². The predicted molar refractivity (Wildman–Crippen MR) is 91.6 cm³/mol. The molecule has 1 unspecified atom stereocenters. The van der Waals surface area contributed by atoms with E-state index in [1.54, 1.807) is 0 Å². The summed E-state index contributed by atoms with van der Waals surface area (Å²) in [5.74, 6) is 0. The van der Waals surface area contributed by atoms with Crippen LogP contribution in [0.5, 0.6) is 0 Å². The molecule has 2 rings (SSSR count). The minimum Gasteiger partial charge on any atom is -0.310 e. The summed E-state index contributed by atoms with van der Waals surface area (Å²) in [5.41, 5.74) is 1.50. The number of unbranched alkanes of at least 4 members (excludes halogenated alkanes) is 4. The van der Waals surface area contributed by atoms with Gasteiger partial charge < -0.3 is 5.32 Å². The number of fused-ring (bicyclic) bond motifs is 1. The monoisotopic (exact) mass is 289 g/mol. The second kappa shape index (κ2) is 8.43. The van der Waals surface area contributed by atoms with Crippen LogP contribution in [0.2, 0.25) is 0 Å². The Balaban J connectivity index is 2.00. The first-order chi connectivity index (χ1) is 9.86. The highest BCUT2D eigenvalue weighted by molar-refractivity contribution is 7.17. The third-order valence-electron chi connectivity index (χ3n) is 3.93. The van der Waals surface area contributed by atoms with E-state index in [0.29, 0.717) is 6.04 Å². The molecule has 0 saturated carbocycles. The van der Waals surface area contributed by atoms with Gasteiger partial charge in [0.15, 0.2) is 0 Å². The third kappa shape index (κ3) is 4.07. The molecule has 1 nitrogen and oxygen atoms in total. The van der Waals surface area contributed by atoms with E-state index < -0.39 is 0 Å². The van der Waals surface area contributed by atoms with E-state index in [9.17, 15) is 0 Å². The van der Waals surface area contributed by atoms with E-state index in [1.165, 1.54) is 54.2 Å². The molecule has 2 heteroatoms. The van der Waals surface area contributed by atoms with Crippen molar-refractivity contribution in [1.29, 1.82) is 0 Å². The van der Waals surface area contributed by atoms with E-state index in [2.05, 4.69) is 48.8 Å². The molecule has 1 atom stereocenters. The van der Waals surface area contributed by atoms with Crippen molar-refractivity contribution in [3.05, 3.63) is 35.2 Å². The first kappa shape index (κ1) is 15.5. The lowest BCUT2D eigenvalue weighted by Gasteiger charge is -2.17. The van der Waals surface area contributed by atoms with Crippen LogP contribution < -0.4 is 5.32 Å². The van der Waals surface area contributed by atoms with E-state index in [0.717, 1.165) is 6.54 Å². The zero-order valence-corrected chi connectivity index (χ0v) is 13.6. The average molecular weight is 289 g/mol. The summed E-state index contributed by atoms with van der Waals surface area (Å²) in [7, 11) is 0. The fourth-order valence-electron chi connectivity index (χ4n) is 2.83. The fourth-order valence-corrected chi connectivity index (χ4v) is 3.85. The lowest BCUT2D eigenvalue weighted by molar-refractivity contribution is 0.482. The van der Waals surface area contributed by atoms with Crippen LogP contribution in [0, 0.1) is 0 Å². The lowest BCUT2D eigenvalue weighted by Crippen LogP contribution is -2.20. The lowest BCUT2D eigenvalue weighted by atomic mass is 9.99. The number of nitrogens with one attached hydrogen (secondary N) is 1. The quantitative estimate of drug-likeness (QED) is 0.566. The van der Waals surface area contributed by atoms with Gasteiger partial charge in [0.2, 0.25) is 0 Å². The van der Waals surface area contributed by atoms with Gasteiger partial charge in [0.05, 0.1) is 0 Å². The van der Waals surface area contributed by atoms with Crippen molar-refractivity contribution in [2.45, 2.75) is 58.4 Å². The molecule has 1 aromatic heterocycles. The maximum atomic E-state index is 3.67. The van der Waals surface area contributed by atoms with Gasteiger partial charge in [-0.3, -0.25) is 0 Å². The summed E-state index contributed by atoms with van der Waals surface area (Å²) in [4.78, 5) is 0. The van der Waals surface area contributed by atoms with Gasteiger partial charge in [0.25, 0.3) is 0 Å². The maximum Gasteiger partial charge on any atom is 0.0346 e. The predicted octanol–water partition coefficient (Wildman–Crippen LogP) is 5.91. The largest absolute Gasteiger partial charge is 0.310 e. The van der Waals surface area contributed by atoms with E-state index in [-0.39, 0.29) is 0 Å². The highest BCUT2D eigenvalue weighted by Gasteiger charge is 2.14. The second-order valence-corrected chi connectivity index (χ2v) is 6.41. The average Bonchev–Trinajstić information content (AvgIpc) is 2.90. The van der Waals surface area contributed by atoms with Crippen LogP contribution in [0.25, 0.3) is 10.1 Å². The van der Waals surface area contributed by atoms with Gasteiger partial charge in [-0.15, -0.1) is 11.3 Å². The molecule has 0 amide bonds. The zero-order valence-electron chi connectivity index (χ0n) is 12.8.